The van der Waals surface area contributed by atoms with Gasteiger partial charge in [0.1, 0.15) is 5.82 Å². The first-order chi connectivity index (χ1) is 5.79. The zero-order valence-corrected chi connectivity index (χ0v) is 7.04. The molecule has 0 unspecified atom stereocenters. The van der Waals surface area contributed by atoms with Gasteiger partial charge in [0.2, 0.25) is 0 Å². The molecule has 1 N–H and O–H groups in total. The Balaban J connectivity index is 2.49. The molecule has 1 aliphatic heterocycles. The molecule has 62 valence electrons. The largest absolute Gasteiger partial charge is 0.357 e. The summed E-state index contributed by atoms with van der Waals surface area (Å²) in [6, 6.07) is 3.94. The summed E-state index contributed by atoms with van der Waals surface area (Å²) in [6.07, 6.45) is 1.78. The molecule has 0 fully saturated rings. The number of rotatable bonds is 0. The number of fused-ring (bicyclic) bond motifs is 1. The average molecular weight is 161 g/mol. The fourth-order valence-electron chi connectivity index (χ4n) is 1.27. The normalized spacial score (nSPS) is 15.4. The van der Waals surface area contributed by atoms with Crippen LogP contribution in [0.5, 0.6) is 0 Å². The van der Waals surface area contributed by atoms with Crippen LogP contribution in [0.15, 0.2) is 24.9 Å². The number of aromatic nitrogens is 1. The fourth-order valence-corrected chi connectivity index (χ4v) is 1.27. The number of nitrogens with zero attached hydrogens (tertiary/aromatic N) is 2. The number of pyridine rings is 1. The van der Waals surface area contributed by atoms with Crippen LogP contribution in [0, 0.1) is 0 Å². The molecule has 0 aliphatic carbocycles. The molecule has 1 aromatic rings. The Hall–Kier alpha value is -1.51. The van der Waals surface area contributed by atoms with E-state index in [9.17, 15) is 0 Å². The Labute approximate surface area is 71.7 Å². The third-order valence-corrected chi connectivity index (χ3v) is 2.06. The lowest BCUT2D eigenvalue weighted by molar-refractivity contribution is 0.506. The van der Waals surface area contributed by atoms with Crippen molar-refractivity contribution in [3.63, 3.8) is 0 Å². The molecule has 3 heteroatoms. The smallest absolute Gasteiger partial charge is 0.136 e. The molecule has 1 aromatic heterocycles. The van der Waals surface area contributed by atoms with Crippen LogP contribution >= 0.6 is 0 Å². The predicted octanol–water partition coefficient (Wildman–Crippen LogP) is 1.37. The van der Waals surface area contributed by atoms with Crippen LogP contribution in [0.3, 0.4) is 0 Å². The van der Waals surface area contributed by atoms with Gasteiger partial charge in [-0.05, 0) is 12.1 Å². The lowest BCUT2D eigenvalue weighted by Gasteiger charge is -2.29. The highest BCUT2D eigenvalue weighted by Crippen LogP contribution is 2.25. The molecular formula is C9H11N3. The van der Waals surface area contributed by atoms with Gasteiger partial charge in [-0.1, -0.05) is 6.58 Å². The van der Waals surface area contributed by atoms with Gasteiger partial charge in [0.15, 0.2) is 0 Å². The van der Waals surface area contributed by atoms with Crippen molar-refractivity contribution < 1.29 is 0 Å². The monoisotopic (exact) mass is 161 g/mol. The van der Waals surface area contributed by atoms with Crippen LogP contribution in [0.25, 0.3) is 5.70 Å². The molecule has 0 saturated carbocycles. The highest BCUT2D eigenvalue weighted by molar-refractivity contribution is 5.73. The summed E-state index contributed by atoms with van der Waals surface area (Å²) in [5.74, 6) is 0.931. The van der Waals surface area contributed by atoms with Crippen LogP contribution in [-0.4, -0.2) is 23.6 Å². The summed E-state index contributed by atoms with van der Waals surface area (Å²) in [4.78, 5) is 6.27. The number of hydrogen-bond donors (Lipinski definition) is 1. The van der Waals surface area contributed by atoms with Crippen molar-refractivity contribution in [2.75, 3.05) is 19.0 Å². The van der Waals surface area contributed by atoms with Crippen molar-refractivity contribution in [2.45, 2.75) is 0 Å². The Kier molecular flexibility index (Phi) is 1.50. The van der Waals surface area contributed by atoms with Gasteiger partial charge < -0.3 is 10.2 Å². The third-order valence-electron chi connectivity index (χ3n) is 2.06. The molecule has 0 saturated heterocycles. The fraction of sp³-hybridized carbons (Fsp3) is 0.222. The lowest BCUT2D eigenvalue weighted by Crippen LogP contribution is -2.29. The van der Waals surface area contributed by atoms with E-state index in [0.717, 1.165) is 23.7 Å². The Morgan fingerprint density at radius 1 is 1.67 bits per heavy atom. The van der Waals surface area contributed by atoms with Crippen molar-refractivity contribution in [2.24, 2.45) is 0 Å². The minimum Gasteiger partial charge on any atom is -0.357 e. The van der Waals surface area contributed by atoms with Crippen LogP contribution in [-0.2, 0) is 0 Å². The molecule has 0 bridgehead atoms. The maximum atomic E-state index is 4.21. The van der Waals surface area contributed by atoms with E-state index in [2.05, 4.69) is 21.8 Å². The highest BCUT2D eigenvalue weighted by atomic mass is 15.2. The van der Waals surface area contributed by atoms with E-state index in [4.69, 9.17) is 0 Å². The predicted molar refractivity (Wildman–Crippen MR) is 49.5 cm³/mol. The van der Waals surface area contributed by atoms with E-state index in [-0.39, 0.29) is 0 Å². The van der Waals surface area contributed by atoms with Gasteiger partial charge in [0, 0.05) is 24.5 Å². The first-order valence-corrected chi connectivity index (χ1v) is 3.88. The Morgan fingerprint density at radius 2 is 2.50 bits per heavy atom. The molecular weight excluding hydrogens is 150 g/mol. The summed E-state index contributed by atoms with van der Waals surface area (Å²) in [5.41, 5.74) is 2.11. The average Bonchev–Trinajstić information content (AvgIpc) is 2.12. The second-order valence-electron chi connectivity index (χ2n) is 2.88. The molecule has 12 heavy (non-hydrogen) atoms. The quantitative estimate of drug-likeness (QED) is 0.622. The van der Waals surface area contributed by atoms with Gasteiger partial charge in [0.25, 0.3) is 0 Å². The molecule has 1 aliphatic rings. The third kappa shape index (κ3) is 0.942. The molecule has 0 aromatic carbocycles. The van der Waals surface area contributed by atoms with Crippen LogP contribution in [0.2, 0.25) is 0 Å². The maximum absolute atomic E-state index is 4.21. The van der Waals surface area contributed by atoms with Crippen molar-refractivity contribution in [1.82, 2.24) is 9.88 Å². The number of nitrogens with one attached hydrogen (secondary N) is 1. The number of anilines is 1. The summed E-state index contributed by atoms with van der Waals surface area (Å²) >= 11 is 0. The summed E-state index contributed by atoms with van der Waals surface area (Å²) in [6.45, 7) is 4.76. The van der Waals surface area contributed by atoms with Crippen LogP contribution < -0.4 is 5.32 Å². The maximum Gasteiger partial charge on any atom is 0.136 e. The van der Waals surface area contributed by atoms with Gasteiger partial charge >= 0.3 is 0 Å². The minimum absolute atomic E-state index is 0.781. The minimum atomic E-state index is 0.781. The standard InChI is InChI=1S/C9H11N3/c1-7-8-4-3-5-10-9(8)11-6-12(7)2/h3-5H,1,6H2,2H3,(H,10,11). The molecule has 0 spiro atoms. The highest BCUT2D eigenvalue weighted by Gasteiger charge is 2.15. The summed E-state index contributed by atoms with van der Waals surface area (Å²) in [5, 5.41) is 3.20. The topological polar surface area (TPSA) is 28.2 Å². The van der Waals surface area contributed by atoms with Gasteiger partial charge in [0.05, 0.1) is 6.67 Å². The first kappa shape index (κ1) is 7.16. The molecule has 3 nitrogen and oxygen atoms in total. The zero-order chi connectivity index (χ0) is 8.55. The van der Waals surface area contributed by atoms with E-state index >= 15 is 0 Å². The van der Waals surface area contributed by atoms with E-state index in [1.165, 1.54) is 0 Å². The number of hydrogen-bond acceptors (Lipinski definition) is 3. The summed E-state index contributed by atoms with van der Waals surface area (Å²) < 4.78 is 0. The van der Waals surface area contributed by atoms with Gasteiger partial charge in [-0.3, -0.25) is 0 Å². The van der Waals surface area contributed by atoms with E-state index < -0.39 is 0 Å². The van der Waals surface area contributed by atoms with Crippen molar-refractivity contribution in [1.29, 1.82) is 0 Å². The van der Waals surface area contributed by atoms with Crippen LogP contribution in [0.1, 0.15) is 5.56 Å². The van der Waals surface area contributed by atoms with Gasteiger partial charge in [-0.15, -0.1) is 0 Å². The van der Waals surface area contributed by atoms with Crippen molar-refractivity contribution >= 4 is 11.5 Å². The molecule has 2 heterocycles. The molecule has 0 radical (unpaired) electrons. The zero-order valence-electron chi connectivity index (χ0n) is 7.04. The molecule has 0 atom stereocenters. The van der Waals surface area contributed by atoms with Gasteiger partial charge in [-0.2, -0.15) is 0 Å². The van der Waals surface area contributed by atoms with E-state index in [0.29, 0.717) is 0 Å². The lowest BCUT2D eigenvalue weighted by atomic mass is 10.1. The molecule has 2 rings (SSSR count). The Morgan fingerprint density at radius 3 is 3.33 bits per heavy atom. The summed E-state index contributed by atoms with van der Waals surface area (Å²) in [7, 11) is 2.01. The second kappa shape index (κ2) is 2.52. The Bertz CT molecular complexity index is 319. The van der Waals surface area contributed by atoms with E-state index in [1.807, 2.05) is 19.2 Å². The van der Waals surface area contributed by atoms with Gasteiger partial charge in [-0.25, -0.2) is 4.98 Å². The second-order valence-corrected chi connectivity index (χ2v) is 2.88. The molecule has 0 amide bonds. The van der Waals surface area contributed by atoms with Crippen LogP contribution in [0.4, 0.5) is 5.82 Å². The SMILES string of the molecule is C=C1c2cccnc2NCN1C. The van der Waals surface area contributed by atoms with Crippen molar-refractivity contribution in [3.8, 4) is 0 Å². The van der Waals surface area contributed by atoms with Crippen molar-refractivity contribution in [3.05, 3.63) is 30.5 Å². The first-order valence-electron chi connectivity index (χ1n) is 3.88. The van der Waals surface area contributed by atoms with E-state index in [1.54, 1.807) is 6.20 Å².